The number of hydrogen-bond donors (Lipinski definition) is 1. The number of nitrogens with zero attached hydrogens (tertiary/aromatic N) is 1. The average Bonchev–Trinajstić information content (AvgIpc) is 2.57. The summed E-state index contributed by atoms with van der Waals surface area (Å²) in [4.78, 5) is 4.31. The van der Waals surface area contributed by atoms with E-state index in [4.69, 9.17) is 4.74 Å². The van der Waals surface area contributed by atoms with E-state index in [1.807, 2.05) is 18.5 Å². The number of aromatic nitrogens is 1. The van der Waals surface area contributed by atoms with Crippen molar-refractivity contribution in [1.29, 1.82) is 0 Å². The van der Waals surface area contributed by atoms with Gasteiger partial charge in [-0.15, -0.1) is 0 Å². The Morgan fingerprint density at radius 2 is 2.00 bits per heavy atom. The molecule has 1 fully saturated rings. The first-order chi connectivity index (χ1) is 10.7. The Labute approximate surface area is 132 Å². The first-order valence-electron chi connectivity index (χ1n) is 8.05. The van der Waals surface area contributed by atoms with E-state index in [1.54, 1.807) is 0 Å². The Morgan fingerprint density at radius 1 is 1.18 bits per heavy atom. The van der Waals surface area contributed by atoms with E-state index >= 15 is 0 Å². The van der Waals surface area contributed by atoms with E-state index in [2.05, 4.69) is 48.4 Å². The van der Waals surface area contributed by atoms with Crippen LogP contribution < -0.4 is 5.32 Å². The van der Waals surface area contributed by atoms with Crippen LogP contribution in [0.25, 0.3) is 0 Å². The van der Waals surface area contributed by atoms with Gasteiger partial charge in [-0.05, 0) is 49.4 Å². The number of ether oxygens (including phenoxy) is 1. The van der Waals surface area contributed by atoms with Gasteiger partial charge in [0.15, 0.2) is 0 Å². The molecule has 2 aromatic rings. The van der Waals surface area contributed by atoms with Crippen molar-refractivity contribution < 1.29 is 4.74 Å². The molecule has 0 unspecified atom stereocenters. The molecule has 0 aliphatic carbocycles. The molecular formula is C19H24N2O. The zero-order valence-corrected chi connectivity index (χ0v) is 13.4. The Balaban J connectivity index is 1.93. The van der Waals surface area contributed by atoms with Gasteiger partial charge in [-0.25, -0.2) is 0 Å². The Morgan fingerprint density at radius 3 is 2.73 bits per heavy atom. The summed E-state index contributed by atoms with van der Waals surface area (Å²) >= 11 is 0. The van der Waals surface area contributed by atoms with Crippen LogP contribution in [0.1, 0.15) is 41.1 Å². The molecule has 1 atom stereocenters. The second-order valence-corrected chi connectivity index (χ2v) is 6.13. The smallest absolute Gasteiger partial charge is 0.0596 e. The summed E-state index contributed by atoms with van der Waals surface area (Å²) in [7, 11) is 0. The van der Waals surface area contributed by atoms with Crippen LogP contribution >= 0.6 is 0 Å². The van der Waals surface area contributed by atoms with Gasteiger partial charge >= 0.3 is 0 Å². The van der Waals surface area contributed by atoms with Crippen molar-refractivity contribution in [3.63, 3.8) is 0 Å². The van der Waals surface area contributed by atoms with Crippen LogP contribution in [0.3, 0.4) is 0 Å². The minimum atomic E-state index is 0.191. The number of pyridine rings is 1. The summed E-state index contributed by atoms with van der Waals surface area (Å²) in [5.74, 6) is 0. The highest BCUT2D eigenvalue weighted by Gasteiger charge is 2.22. The summed E-state index contributed by atoms with van der Waals surface area (Å²) in [5.41, 5.74) is 5.18. The van der Waals surface area contributed by atoms with Crippen LogP contribution in [-0.2, 0) is 4.74 Å². The maximum atomic E-state index is 5.48. The van der Waals surface area contributed by atoms with Crippen molar-refractivity contribution in [1.82, 2.24) is 10.3 Å². The lowest BCUT2D eigenvalue weighted by atomic mass is 9.93. The maximum Gasteiger partial charge on any atom is 0.0596 e. The van der Waals surface area contributed by atoms with Gasteiger partial charge in [0.05, 0.1) is 6.04 Å². The van der Waals surface area contributed by atoms with E-state index in [9.17, 15) is 0 Å². The largest absolute Gasteiger partial charge is 0.381 e. The monoisotopic (exact) mass is 296 g/mol. The number of hydrogen-bond acceptors (Lipinski definition) is 3. The molecule has 1 aromatic carbocycles. The lowest BCUT2D eigenvalue weighted by molar-refractivity contribution is 0.0760. The molecule has 0 spiro atoms. The van der Waals surface area contributed by atoms with Crippen LogP contribution in [0.5, 0.6) is 0 Å². The van der Waals surface area contributed by atoms with Crippen molar-refractivity contribution in [3.05, 3.63) is 65.0 Å². The molecule has 1 aromatic heterocycles. The molecule has 1 aliphatic rings. The number of rotatable bonds is 4. The topological polar surface area (TPSA) is 34.1 Å². The Bertz CT molecular complexity index is 606. The van der Waals surface area contributed by atoms with Gasteiger partial charge in [-0.2, -0.15) is 0 Å². The molecule has 0 radical (unpaired) electrons. The van der Waals surface area contributed by atoms with Crippen LogP contribution in [0.2, 0.25) is 0 Å². The van der Waals surface area contributed by atoms with Gasteiger partial charge in [-0.1, -0.05) is 29.8 Å². The highest BCUT2D eigenvalue weighted by atomic mass is 16.5. The third-order valence-electron chi connectivity index (χ3n) is 4.39. The maximum absolute atomic E-state index is 5.48. The van der Waals surface area contributed by atoms with Crippen molar-refractivity contribution in [3.8, 4) is 0 Å². The van der Waals surface area contributed by atoms with Crippen LogP contribution in [-0.4, -0.2) is 24.2 Å². The predicted molar refractivity (Wildman–Crippen MR) is 89.0 cm³/mol. The molecule has 22 heavy (non-hydrogen) atoms. The molecule has 1 aliphatic heterocycles. The minimum Gasteiger partial charge on any atom is -0.381 e. The number of aryl methyl sites for hydroxylation is 2. The van der Waals surface area contributed by atoms with Gasteiger partial charge in [0.2, 0.25) is 0 Å². The average molecular weight is 296 g/mol. The molecule has 1 saturated heterocycles. The summed E-state index contributed by atoms with van der Waals surface area (Å²) in [6, 6.07) is 11.5. The molecule has 2 heterocycles. The SMILES string of the molecule is Cc1ccc(C)c([C@H](NC2CCOCC2)c2cccnc2)c1. The van der Waals surface area contributed by atoms with Crippen molar-refractivity contribution >= 4 is 0 Å². The Kier molecular flexibility index (Phi) is 4.86. The zero-order valence-electron chi connectivity index (χ0n) is 13.4. The van der Waals surface area contributed by atoms with Crippen molar-refractivity contribution in [2.24, 2.45) is 0 Å². The van der Waals surface area contributed by atoms with Crippen LogP contribution in [0.15, 0.2) is 42.7 Å². The highest BCUT2D eigenvalue weighted by molar-refractivity contribution is 5.38. The molecule has 3 rings (SSSR count). The fourth-order valence-corrected chi connectivity index (χ4v) is 3.08. The van der Waals surface area contributed by atoms with Gasteiger partial charge in [0.1, 0.15) is 0 Å². The number of nitrogens with one attached hydrogen (secondary N) is 1. The van der Waals surface area contributed by atoms with Crippen molar-refractivity contribution in [2.45, 2.75) is 38.8 Å². The van der Waals surface area contributed by atoms with Gasteiger partial charge in [0, 0.05) is 31.6 Å². The number of benzene rings is 1. The third-order valence-corrected chi connectivity index (χ3v) is 4.39. The van der Waals surface area contributed by atoms with E-state index in [0.29, 0.717) is 6.04 Å². The predicted octanol–water partition coefficient (Wildman–Crippen LogP) is 3.56. The minimum absolute atomic E-state index is 0.191. The van der Waals surface area contributed by atoms with Gasteiger partial charge in [0.25, 0.3) is 0 Å². The highest BCUT2D eigenvalue weighted by Crippen LogP contribution is 2.27. The van der Waals surface area contributed by atoms with E-state index in [-0.39, 0.29) is 6.04 Å². The van der Waals surface area contributed by atoms with Gasteiger partial charge < -0.3 is 10.1 Å². The molecule has 3 heteroatoms. The normalized spacial score (nSPS) is 17.4. The third kappa shape index (κ3) is 3.54. The molecule has 0 amide bonds. The van der Waals surface area contributed by atoms with E-state index in [0.717, 1.165) is 26.1 Å². The molecular weight excluding hydrogens is 272 g/mol. The first-order valence-corrected chi connectivity index (χ1v) is 8.05. The van der Waals surface area contributed by atoms with Crippen molar-refractivity contribution in [2.75, 3.05) is 13.2 Å². The summed E-state index contributed by atoms with van der Waals surface area (Å²) in [5, 5.41) is 3.84. The fraction of sp³-hybridized carbons (Fsp3) is 0.421. The molecule has 1 N–H and O–H groups in total. The molecule has 116 valence electrons. The second kappa shape index (κ2) is 7.03. The molecule has 3 nitrogen and oxygen atoms in total. The Hall–Kier alpha value is -1.71. The lowest BCUT2D eigenvalue weighted by Gasteiger charge is -2.30. The summed E-state index contributed by atoms with van der Waals surface area (Å²) in [6.07, 6.45) is 5.94. The molecule has 0 bridgehead atoms. The summed E-state index contributed by atoms with van der Waals surface area (Å²) in [6.45, 7) is 6.04. The summed E-state index contributed by atoms with van der Waals surface area (Å²) < 4.78 is 5.48. The zero-order chi connectivity index (χ0) is 15.4. The van der Waals surface area contributed by atoms with Crippen LogP contribution in [0, 0.1) is 13.8 Å². The first kappa shape index (κ1) is 15.2. The van der Waals surface area contributed by atoms with Crippen LogP contribution in [0.4, 0.5) is 0 Å². The fourth-order valence-electron chi connectivity index (χ4n) is 3.08. The second-order valence-electron chi connectivity index (χ2n) is 6.13. The van der Waals surface area contributed by atoms with E-state index < -0.39 is 0 Å². The van der Waals surface area contributed by atoms with Gasteiger partial charge in [-0.3, -0.25) is 4.98 Å². The van der Waals surface area contributed by atoms with E-state index in [1.165, 1.54) is 22.3 Å². The standard InChI is InChI=1S/C19H24N2O/c1-14-5-6-15(2)18(12-14)19(16-4-3-9-20-13-16)21-17-7-10-22-11-8-17/h3-6,9,12-13,17,19,21H,7-8,10-11H2,1-2H3/t19-/m1/s1. The quantitative estimate of drug-likeness (QED) is 0.937. The molecule has 0 saturated carbocycles. The lowest BCUT2D eigenvalue weighted by Crippen LogP contribution is -2.38.